The third-order valence-electron chi connectivity index (χ3n) is 2.35. The lowest BCUT2D eigenvalue weighted by molar-refractivity contribution is 0.560. The Morgan fingerprint density at radius 1 is 1.29 bits per heavy atom. The first-order chi connectivity index (χ1) is 6.70. The zero-order valence-corrected chi connectivity index (χ0v) is 8.33. The zero-order chi connectivity index (χ0) is 10.1. The molecule has 72 valence electrons. The van der Waals surface area contributed by atoms with Crippen LogP contribution in [-0.4, -0.2) is 0 Å². The van der Waals surface area contributed by atoms with Crippen molar-refractivity contribution in [2.24, 2.45) is 0 Å². The van der Waals surface area contributed by atoms with Crippen molar-refractivity contribution in [1.29, 1.82) is 0 Å². The van der Waals surface area contributed by atoms with Crippen LogP contribution in [0.2, 0.25) is 0 Å². The second-order valence-corrected chi connectivity index (χ2v) is 3.44. The maximum absolute atomic E-state index is 11.0. The first-order valence-corrected chi connectivity index (χ1v) is 4.74. The van der Waals surface area contributed by atoms with E-state index in [0.29, 0.717) is 5.58 Å². The molecule has 0 bridgehead atoms. The fourth-order valence-corrected chi connectivity index (χ4v) is 1.70. The Labute approximate surface area is 82.2 Å². The number of fused-ring (bicyclic) bond motifs is 1. The standard InChI is InChI=1S/C12H12O2/c1-3-9-6-8(2)7-11-10(9)4-5-12(13)14-11/h4-7H,3H2,1-2H3. The van der Waals surface area contributed by atoms with Crippen LogP contribution in [0, 0.1) is 6.92 Å². The van der Waals surface area contributed by atoms with Crippen LogP contribution >= 0.6 is 0 Å². The van der Waals surface area contributed by atoms with Gasteiger partial charge < -0.3 is 4.42 Å². The SMILES string of the molecule is CCc1cc(C)cc2oc(=O)ccc12. The maximum atomic E-state index is 11.0. The predicted molar refractivity (Wildman–Crippen MR) is 56.6 cm³/mol. The molecule has 2 nitrogen and oxygen atoms in total. The van der Waals surface area contributed by atoms with Crippen LogP contribution in [0.25, 0.3) is 11.0 Å². The molecule has 14 heavy (non-hydrogen) atoms. The fourth-order valence-electron chi connectivity index (χ4n) is 1.70. The average Bonchev–Trinajstić information content (AvgIpc) is 2.15. The molecule has 0 spiro atoms. The van der Waals surface area contributed by atoms with Gasteiger partial charge in [-0.2, -0.15) is 0 Å². The molecule has 0 amide bonds. The van der Waals surface area contributed by atoms with Crippen molar-refractivity contribution in [2.45, 2.75) is 20.3 Å². The molecule has 0 aliphatic carbocycles. The van der Waals surface area contributed by atoms with Crippen LogP contribution in [0.3, 0.4) is 0 Å². The minimum absolute atomic E-state index is 0.287. The minimum atomic E-state index is -0.287. The van der Waals surface area contributed by atoms with Crippen molar-refractivity contribution in [3.05, 3.63) is 45.8 Å². The summed E-state index contributed by atoms with van der Waals surface area (Å²) in [6.45, 7) is 4.10. The van der Waals surface area contributed by atoms with Gasteiger partial charge in [0, 0.05) is 11.5 Å². The number of rotatable bonds is 1. The van der Waals surface area contributed by atoms with Gasteiger partial charge in [-0.3, -0.25) is 0 Å². The van der Waals surface area contributed by atoms with Crippen molar-refractivity contribution < 1.29 is 4.42 Å². The largest absolute Gasteiger partial charge is 0.423 e. The van der Waals surface area contributed by atoms with Crippen LogP contribution in [-0.2, 0) is 6.42 Å². The van der Waals surface area contributed by atoms with Crippen LogP contribution in [0.1, 0.15) is 18.1 Å². The van der Waals surface area contributed by atoms with Gasteiger partial charge >= 0.3 is 5.63 Å². The molecule has 0 aliphatic rings. The number of hydrogen-bond acceptors (Lipinski definition) is 2. The van der Waals surface area contributed by atoms with E-state index >= 15 is 0 Å². The molecule has 0 fully saturated rings. The third-order valence-corrected chi connectivity index (χ3v) is 2.35. The average molecular weight is 188 g/mol. The summed E-state index contributed by atoms with van der Waals surface area (Å²) in [5, 5.41) is 1.04. The Bertz CT molecular complexity index is 523. The van der Waals surface area contributed by atoms with Crippen molar-refractivity contribution in [1.82, 2.24) is 0 Å². The van der Waals surface area contributed by atoms with E-state index < -0.39 is 0 Å². The van der Waals surface area contributed by atoms with Gasteiger partial charge in [0.25, 0.3) is 0 Å². The van der Waals surface area contributed by atoms with Gasteiger partial charge in [0.2, 0.25) is 0 Å². The van der Waals surface area contributed by atoms with E-state index in [-0.39, 0.29) is 5.63 Å². The van der Waals surface area contributed by atoms with E-state index in [9.17, 15) is 4.79 Å². The highest BCUT2D eigenvalue weighted by molar-refractivity contribution is 5.81. The Hall–Kier alpha value is -1.57. The predicted octanol–water partition coefficient (Wildman–Crippen LogP) is 2.66. The molecule has 1 aromatic carbocycles. The topological polar surface area (TPSA) is 30.2 Å². The molecule has 0 aliphatic heterocycles. The van der Waals surface area contributed by atoms with Crippen molar-refractivity contribution >= 4 is 11.0 Å². The van der Waals surface area contributed by atoms with Gasteiger partial charge in [-0.1, -0.05) is 13.0 Å². The summed E-state index contributed by atoms with van der Waals surface area (Å²) in [6, 6.07) is 7.33. The van der Waals surface area contributed by atoms with Crippen LogP contribution < -0.4 is 5.63 Å². The maximum Gasteiger partial charge on any atom is 0.336 e. The molecule has 0 unspecified atom stereocenters. The summed E-state index contributed by atoms with van der Waals surface area (Å²) in [4.78, 5) is 11.0. The van der Waals surface area contributed by atoms with Crippen LogP contribution in [0.4, 0.5) is 0 Å². The van der Waals surface area contributed by atoms with Gasteiger partial charge in [0.05, 0.1) is 0 Å². The molecule has 0 saturated carbocycles. The summed E-state index contributed by atoms with van der Waals surface area (Å²) >= 11 is 0. The van der Waals surface area contributed by atoms with Gasteiger partial charge in [-0.05, 0) is 36.6 Å². The van der Waals surface area contributed by atoms with E-state index in [2.05, 4.69) is 13.0 Å². The van der Waals surface area contributed by atoms with Gasteiger partial charge in [-0.25, -0.2) is 4.79 Å². The molecule has 0 radical (unpaired) electrons. The normalized spacial score (nSPS) is 10.7. The molecule has 2 heteroatoms. The molecule has 2 rings (SSSR count). The van der Waals surface area contributed by atoms with E-state index in [0.717, 1.165) is 17.4 Å². The second kappa shape index (κ2) is 3.29. The molecule has 0 N–H and O–H groups in total. The summed E-state index contributed by atoms with van der Waals surface area (Å²) < 4.78 is 5.13. The first-order valence-electron chi connectivity index (χ1n) is 4.74. The molecular formula is C12H12O2. The summed E-state index contributed by atoms with van der Waals surface area (Å²) in [5.41, 5.74) is 2.76. The third kappa shape index (κ3) is 1.43. The van der Waals surface area contributed by atoms with Crippen molar-refractivity contribution in [3.63, 3.8) is 0 Å². The smallest absolute Gasteiger partial charge is 0.336 e. The lowest BCUT2D eigenvalue weighted by Gasteiger charge is -2.04. The molecule has 1 heterocycles. The van der Waals surface area contributed by atoms with Crippen molar-refractivity contribution in [2.75, 3.05) is 0 Å². The van der Waals surface area contributed by atoms with Crippen LogP contribution in [0.15, 0.2) is 33.5 Å². The summed E-state index contributed by atoms with van der Waals surface area (Å²) in [7, 11) is 0. The highest BCUT2D eigenvalue weighted by Gasteiger charge is 2.02. The summed E-state index contributed by atoms with van der Waals surface area (Å²) in [5.74, 6) is 0. The Morgan fingerprint density at radius 3 is 2.79 bits per heavy atom. The van der Waals surface area contributed by atoms with Crippen LogP contribution in [0.5, 0.6) is 0 Å². The molecule has 1 aromatic heterocycles. The molecular weight excluding hydrogens is 176 g/mol. The Kier molecular flexibility index (Phi) is 2.12. The van der Waals surface area contributed by atoms with E-state index in [1.807, 2.05) is 19.1 Å². The van der Waals surface area contributed by atoms with E-state index in [1.54, 1.807) is 0 Å². The zero-order valence-electron chi connectivity index (χ0n) is 8.33. The highest BCUT2D eigenvalue weighted by Crippen LogP contribution is 2.19. The number of aryl methyl sites for hydroxylation is 2. The second-order valence-electron chi connectivity index (χ2n) is 3.44. The van der Waals surface area contributed by atoms with Gasteiger partial charge in [0.15, 0.2) is 0 Å². The Balaban J connectivity index is 2.87. The monoisotopic (exact) mass is 188 g/mol. The van der Waals surface area contributed by atoms with E-state index in [1.165, 1.54) is 11.6 Å². The fraction of sp³-hybridized carbons (Fsp3) is 0.250. The summed E-state index contributed by atoms with van der Waals surface area (Å²) in [6.07, 6.45) is 0.950. The first kappa shape index (κ1) is 9.00. The Morgan fingerprint density at radius 2 is 2.07 bits per heavy atom. The van der Waals surface area contributed by atoms with E-state index in [4.69, 9.17) is 4.42 Å². The lowest BCUT2D eigenvalue weighted by Crippen LogP contribution is -1.96. The lowest BCUT2D eigenvalue weighted by atomic mass is 10.0. The van der Waals surface area contributed by atoms with Crippen molar-refractivity contribution in [3.8, 4) is 0 Å². The highest BCUT2D eigenvalue weighted by atomic mass is 16.4. The number of benzene rings is 1. The van der Waals surface area contributed by atoms with Gasteiger partial charge in [-0.15, -0.1) is 0 Å². The van der Waals surface area contributed by atoms with Gasteiger partial charge in [0.1, 0.15) is 5.58 Å². The molecule has 0 atom stereocenters. The quantitative estimate of drug-likeness (QED) is 0.644. The molecule has 2 aromatic rings. The minimum Gasteiger partial charge on any atom is -0.423 e. The molecule has 0 saturated heterocycles. The number of hydrogen-bond donors (Lipinski definition) is 0.